The summed E-state index contributed by atoms with van der Waals surface area (Å²) in [4.78, 5) is 67.4. The maximum Gasteiger partial charge on any atom is 0.408 e. The smallest absolute Gasteiger partial charge is 0.408 e. The highest BCUT2D eigenvalue weighted by atomic mass is 16.6. The molecule has 0 aromatic carbocycles. The van der Waals surface area contributed by atoms with Crippen molar-refractivity contribution in [1.29, 1.82) is 0 Å². The Morgan fingerprint density at radius 1 is 1.02 bits per heavy atom. The normalized spacial score (nSPS) is 22.9. The number of nitrogens with zero attached hydrogens (tertiary/aromatic N) is 1. The highest BCUT2D eigenvalue weighted by Crippen LogP contribution is 2.65. The number of ketones is 1. The topological polar surface area (TPSA) is 143 Å². The number of likely N-dealkylation sites (tertiary alicyclic amines) is 1. The van der Waals surface area contributed by atoms with Gasteiger partial charge in [-0.05, 0) is 49.9 Å². The minimum absolute atomic E-state index is 0.101. The summed E-state index contributed by atoms with van der Waals surface area (Å²) in [7, 11) is 1.49. The van der Waals surface area contributed by atoms with Crippen molar-refractivity contribution in [3.8, 4) is 0 Å². The largest absolute Gasteiger partial charge is 0.444 e. The molecule has 5 atom stereocenters. The number of Topliss-reactive ketones (excluding diaryl/α,β-unsaturated/α-hetero) is 1. The van der Waals surface area contributed by atoms with Crippen LogP contribution in [0.5, 0.6) is 0 Å². The molecular formula is C29H50N4O7. The van der Waals surface area contributed by atoms with Crippen LogP contribution < -0.4 is 16.0 Å². The Morgan fingerprint density at radius 2 is 1.65 bits per heavy atom. The summed E-state index contributed by atoms with van der Waals surface area (Å²) >= 11 is 0. The van der Waals surface area contributed by atoms with Gasteiger partial charge in [-0.15, -0.1) is 0 Å². The van der Waals surface area contributed by atoms with E-state index in [-0.39, 0.29) is 36.3 Å². The van der Waals surface area contributed by atoms with Crippen molar-refractivity contribution in [3.05, 3.63) is 0 Å². The predicted octanol–water partition coefficient (Wildman–Crippen LogP) is 2.42. The molecule has 11 heteroatoms. The summed E-state index contributed by atoms with van der Waals surface area (Å²) in [6.45, 7) is 17.6. The van der Waals surface area contributed by atoms with E-state index in [4.69, 9.17) is 9.47 Å². The molecule has 2 aliphatic rings. The van der Waals surface area contributed by atoms with Gasteiger partial charge in [-0.25, -0.2) is 4.79 Å². The maximum absolute atomic E-state index is 14.0. The van der Waals surface area contributed by atoms with Gasteiger partial charge in [0.15, 0.2) is 0 Å². The van der Waals surface area contributed by atoms with E-state index in [1.807, 2.05) is 27.7 Å². The molecule has 1 aliphatic heterocycles. The average molecular weight is 567 g/mol. The lowest BCUT2D eigenvalue weighted by molar-refractivity contribution is -0.145. The van der Waals surface area contributed by atoms with Crippen molar-refractivity contribution >= 4 is 29.6 Å². The molecule has 2 rings (SSSR count). The summed E-state index contributed by atoms with van der Waals surface area (Å²) < 4.78 is 10.3. The van der Waals surface area contributed by atoms with Gasteiger partial charge in [-0.3, -0.25) is 19.2 Å². The number of methoxy groups -OCH3 is 1. The number of hydrogen-bond donors (Lipinski definition) is 3. The fourth-order valence-electron chi connectivity index (χ4n) is 5.50. The van der Waals surface area contributed by atoms with Crippen LogP contribution in [0.3, 0.4) is 0 Å². The molecule has 2 fully saturated rings. The molecule has 4 amide bonds. The molecule has 5 unspecified atom stereocenters. The summed E-state index contributed by atoms with van der Waals surface area (Å²) in [5.41, 5.74) is -1.57. The summed E-state index contributed by atoms with van der Waals surface area (Å²) in [6.07, 6.45) is 1.01. The molecule has 228 valence electrons. The Hall–Kier alpha value is -2.69. The first-order chi connectivity index (χ1) is 18.4. The number of hydrogen-bond acceptors (Lipinski definition) is 7. The number of nitrogens with one attached hydrogen (secondary N) is 3. The van der Waals surface area contributed by atoms with Crippen LogP contribution in [0.15, 0.2) is 0 Å². The standard InChI is InChI=1S/C29H50N4O7/c1-11-12-13-18(21(34)24(36)30-14-15-39-10)31-23(35)20-19-17(29(19,8)9)16-33(20)25(37)22(27(2,3)4)32-26(38)40-28(5,6)7/h17-20,22H,11-16H2,1-10H3,(H,30,36)(H,31,35)(H,32,38). The zero-order chi connectivity index (χ0) is 30.6. The third kappa shape index (κ3) is 8.17. The highest BCUT2D eigenvalue weighted by Gasteiger charge is 2.70. The van der Waals surface area contributed by atoms with Crippen LogP contribution in [0, 0.1) is 22.7 Å². The second-order valence-corrected chi connectivity index (χ2v) is 13.7. The van der Waals surface area contributed by atoms with Gasteiger partial charge in [0.1, 0.15) is 17.7 Å². The molecule has 11 nitrogen and oxygen atoms in total. The zero-order valence-corrected chi connectivity index (χ0v) is 25.9. The number of piperidine rings is 1. The summed E-state index contributed by atoms with van der Waals surface area (Å²) in [6, 6.07) is -2.78. The first-order valence-corrected chi connectivity index (χ1v) is 14.3. The van der Waals surface area contributed by atoms with Crippen molar-refractivity contribution in [2.45, 2.75) is 105 Å². The molecule has 1 saturated heterocycles. The molecule has 1 aliphatic carbocycles. The lowest BCUT2D eigenvalue weighted by Crippen LogP contribution is -2.60. The minimum atomic E-state index is -1.01. The lowest BCUT2D eigenvalue weighted by Gasteiger charge is -2.38. The fraction of sp³-hybridized carbons (Fsp3) is 0.828. The van der Waals surface area contributed by atoms with Crippen LogP contribution in [-0.4, -0.2) is 85.0 Å². The van der Waals surface area contributed by atoms with Crippen LogP contribution in [0.2, 0.25) is 0 Å². The van der Waals surface area contributed by atoms with Gasteiger partial charge >= 0.3 is 6.09 Å². The van der Waals surface area contributed by atoms with E-state index in [0.717, 1.165) is 6.42 Å². The molecule has 0 aromatic heterocycles. The number of ether oxygens (including phenoxy) is 2. The number of carbonyl (C=O) groups is 5. The van der Waals surface area contributed by atoms with E-state index in [0.29, 0.717) is 19.4 Å². The van der Waals surface area contributed by atoms with Crippen molar-refractivity contribution in [1.82, 2.24) is 20.9 Å². The highest BCUT2D eigenvalue weighted by molar-refractivity contribution is 6.38. The van der Waals surface area contributed by atoms with E-state index < -0.39 is 52.8 Å². The van der Waals surface area contributed by atoms with Crippen LogP contribution in [0.1, 0.15) is 81.6 Å². The number of amides is 4. The number of carbonyl (C=O) groups excluding carboxylic acids is 5. The van der Waals surface area contributed by atoms with Crippen molar-refractivity contribution < 1.29 is 33.4 Å². The second-order valence-electron chi connectivity index (χ2n) is 13.7. The van der Waals surface area contributed by atoms with E-state index in [1.165, 1.54) is 12.0 Å². The molecule has 0 spiro atoms. The molecular weight excluding hydrogens is 516 g/mol. The van der Waals surface area contributed by atoms with Gasteiger partial charge in [0.2, 0.25) is 17.6 Å². The fourth-order valence-corrected chi connectivity index (χ4v) is 5.50. The SMILES string of the molecule is CCCCC(NC(=O)C1C2C(CN1C(=O)C(NC(=O)OC(C)(C)C)C(C)(C)C)C2(C)C)C(=O)C(=O)NCCOC. The second kappa shape index (κ2) is 12.9. The monoisotopic (exact) mass is 566 g/mol. The van der Waals surface area contributed by atoms with Crippen molar-refractivity contribution in [2.24, 2.45) is 22.7 Å². The molecule has 0 bridgehead atoms. The number of unbranched alkanes of at least 4 members (excludes halogenated alkanes) is 1. The maximum atomic E-state index is 14.0. The third-order valence-corrected chi connectivity index (χ3v) is 7.83. The Morgan fingerprint density at radius 3 is 2.17 bits per heavy atom. The van der Waals surface area contributed by atoms with Gasteiger partial charge in [0, 0.05) is 20.2 Å². The third-order valence-electron chi connectivity index (χ3n) is 7.83. The lowest BCUT2D eigenvalue weighted by atomic mass is 9.85. The first-order valence-electron chi connectivity index (χ1n) is 14.3. The molecule has 3 N–H and O–H groups in total. The van der Waals surface area contributed by atoms with Crippen LogP contribution in [0.25, 0.3) is 0 Å². The van der Waals surface area contributed by atoms with Gasteiger partial charge in [0.05, 0.1) is 12.6 Å². The Bertz CT molecular complexity index is 966. The molecule has 0 aromatic rings. The molecule has 1 heterocycles. The number of rotatable bonds is 12. The van der Waals surface area contributed by atoms with E-state index in [9.17, 15) is 24.0 Å². The number of fused-ring (bicyclic) bond motifs is 1. The van der Waals surface area contributed by atoms with E-state index in [1.54, 1.807) is 20.8 Å². The summed E-state index contributed by atoms with van der Waals surface area (Å²) in [5, 5.41) is 8.06. The zero-order valence-electron chi connectivity index (χ0n) is 25.9. The quantitative estimate of drug-likeness (QED) is 0.243. The average Bonchev–Trinajstić information content (AvgIpc) is 3.15. The van der Waals surface area contributed by atoms with Crippen molar-refractivity contribution in [3.63, 3.8) is 0 Å². The van der Waals surface area contributed by atoms with Gasteiger partial charge < -0.3 is 30.3 Å². The molecule has 1 saturated carbocycles. The van der Waals surface area contributed by atoms with Gasteiger partial charge in [0.25, 0.3) is 5.91 Å². The predicted molar refractivity (Wildman–Crippen MR) is 150 cm³/mol. The van der Waals surface area contributed by atoms with E-state index in [2.05, 4.69) is 29.8 Å². The van der Waals surface area contributed by atoms with Crippen molar-refractivity contribution in [2.75, 3.05) is 26.8 Å². The Labute approximate surface area is 238 Å². The Kier molecular flexibility index (Phi) is 10.8. The van der Waals surface area contributed by atoms with E-state index >= 15 is 0 Å². The van der Waals surface area contributed by atoms with Crippen LogP contribution in [-0.2, 0) is 28.7 Å². The van der Waals surface area contributed by atoms with Gasteiger partial charge in [-0.2, -0.15) is 0 Å². The van der Waals surface area contributed by atoms with Crippen LogP contribution in [0.4, 0.5) is 4.79 Å². The number of alkyl carbamates (subject to hydrolysis) is 1. The van der Waals surface area contributed by atoms with Crippen LogP contribution >= 0.6 is 0 Å². The minimum Gasteiger partial charge on any atom is -0.444 e. The first kappa shape index (κ1) is 33.5. The summed E-state index contributed by atoms with van der Waals surface area (Å²) in [5.74, 6) is -2.34. The Balaban J connectivity index is 2.29. The van der Waals surface area contributed by atoms with Gasteiger partial charge in [-0.1, -0.05) is 54.4 Å². The molecule has 40 heavy (non-hydrogen) atoms. The molecule has 0 radical (unpaired) electrons.